The summed E-state index contributed by atoms with van der Waals surface area (Å²) in [6, 6.07) is 1.95. The van der Waals surface area contributed by atoms with Gasteiger partial charge in [0.15, 0.2) is 0 Å². The number of phenols is 1. The van der Waals surface area contributed by atoms with E-state index in [1.54, 1.807) is 22.6 Å². The molecule has 0 amide bonds. The van der Waals surface area contributed by atoms with Crippen LogP contribution in [-0.2, 0) is 9.05 Å². The lowest BCUT2D eigenvalue weighted by Gasteiger charge is -2.04. The van der Waals surface area contributed by atoms with Crippen molar-refractivity contribution in [3.05, 3.63) is 21.3 Å². The van der Waals surface area contributed by atoms with Crippen molar-refractivity contribution in [2.45, 2.75) is 4.90 Å². The number of carboxylic acids is 1. The Morgan fingerprint density at radius 3 is 2.33 bits per heavy atom. The highest BCUT2D eigenvalue weighted by Crippen LogP contribution is 2.31. The van der Waals surface area contributed by atoms with E-state index < -0.39 is 25.7 Å². The molecule has 0 aliphatic heterocycles. The maximum atomic E-state index is 11.0. The summed E-state index contributed by atoms with van der Waals surface area (Å²) in [7, 11) is 0.870. The number of aromatic hydroxyl groups is 1. The summed E-state index contributed by atoms with van der Waals surface area (Å²) < 4.78 is 22.1. The smallest absolute Gasteiger partial charge is 0.335 e. The van der Waals surface area contributed by atoms with Crippen molar-refractivity contribution in [1.29, 1.82) is 0 Å². The Balaban J connectivity index is 3.59. The fraction of sp³-hybridized carbons (Fsp3) is 0. The van der Waals surface area contributed by atoms with Crippen LogP contribution in [0.1, 0.15) is 10.4 Å². The third kappa shape index (κ3) is 2.73. The number of carboxylic acid groups (broad SMARTS) is 1. The fourth-order valence-electron chi connectivity index (χ4n) is 0.883. The zero-order valence-electron chi connectivity index (χ0n) is 6.94. The average Bonchev–Trinajstić information content (AvgIpc) is 2.06. The summed E-state index contributed by atoms with van der Waals surface area (Å²) in [4.78, 5) is 10.0. The van der Waals surface area contributed by atoms with Crippen LogP contribution < -0.4 is 0 Å². The van der Waals surface area contributed by atoms with Crippen molar-refractivity contribution >= 4 is 48.3 Å². The predicted octanol–water partition coefficient (Wildman–Crippen LogP) is 1.62. The van der Waals surface area contributed by atoms with Crippen LogP contribution in [0.3, 0.4) is 0 Å². The van der Waals surface area contributed by atoms with Crippen LogP contribution >= 0.6 is 33.3 Å². The SMILES string of the molecule is O=C(O)c1cc(I)c(O)c(S(=O)(=O)Cl)c1. The molecule has 0 heterocycles. The fourth-order valence-corrected chi connectivity index (χ4v) is 2.65. The van der Waals surface area contributed by atoms with Gasteiger partial charge >= 0.3 is 5.97 Å². The molecule has 0 unspecified atom stereocenters. The molecule has 1 aromatic carbocycles. The predicted molar refractivity (Wildman–Crippen MR) is 60.8 cm³/mol. The summed E-state index contributed by atoms with van der Waals surface area (Å²) in [6.45, 7) is 0. The van der Waals surface area contributed by atoms with E-state index in [1.165, 1.54) is 0 Å². The van der Waals surface area contributed by atoms with E-state index in [2.05, 4.69) is 0 Å². The highest BCUT2D eigenvalue weighted by atomic mass is 127. The van der Waals surface area contributed by atoms with Gasteiger partial charge in [-0.3, -0.25) is 0 Å². The minimum Gasteiger partial charge on any atom is -0.505 e. The number of benzene rings is 1. The molecular weight excluding hydrogens is 358 g/mol. The van der Waals surface area contributed by atoms with Gasteiger partial charge in [0.25, 0.3) is 9.05 Å². The van der Waals surface area contributed by atoms with Gasteiger partial charge in [0.05, 0.1) is 9.13 Å². The molecule has 0 bridgehead atoms. The zero-order chi connectivity index (χ0) is 11.8. The molecule has 0 atom stereocenters. The minimum atomic E-state index is -4.16. The normalized spacial score (nSPS) is 11.3. The van der Waals surface area contributed by atoms with E-state index in [1.807, 2.05) is 0 Å². The van der Waals surface area contributed by atoms with Crippen molar-refractivity contribution in [1.82, 2.24) is 0 Å². The molecule has 82 valence electrons. The second-order valence-corrected chi connectivity index (χ2v) is 6.24. The molecule has 0 aromatic heterocycles. The molecule has 1 aromatic rings. The molecule has 1 rings (SSSR count). The van der Waals surface area contributed by atoms with E-state index in [0.717, 1.165) is 12.1 Å². The van der Waals surface area contributed by atoms with Crippen molar-refractivity contribution in [2.75, 3.05) is 0 Å². The summed E-state index contributed by atoms with van der Waals surface area (Å²) in [5.74, 6) is -1.84. The first kappa shape index (κ1) is 12.5. The highest BCUT2D eigenvalue weighted by molar-refractivity contribution is 14.1. The van der Waals surface area contributed by atoms with E-state index in [4.69, 9.17) is 15.8 Å². The highest BCUT2D eigenvalue weighted by Gasteiger charge is 2.20. The Kier molecular flexibility index (Phi) is 3.46. The summed E-state index contributed by atoms with van der Waals surface area (Å²) in [6.07, 6.45) is 0. The van der Waals surface area contributed by atoms with Crippen LogP contribution in [0.4, 0.5) is 0 Å². The Labute approximate surface area is 103 Å². The number of hydrogen-bond donors (Lipinski definition) is 2. The molecule has 8 heteroatoms. The average molecular weight is 363 g/mol. The van der Waals surface area contributed by atoms with Crippen LogP contribution in [0.25, 0.3) is 0 Å². The maximum absolute atomic E-state index is 11.0. The van der Waals surface area contributed by atoms with E-state index in [0.29, 0.717) is 0 Å². The first-order chi connectivity index (χ1) is 6.73. The van der Waals surface area contributed by atoms with Gasteiger partial charge in [-0.2, -0.15) is 0 Å². The van der Waals surface area contributed by atoms with Gasteiger partial charge in [0.1, 0.15) is 10.6 Å². The topological polar surface area (TPSA) is 91.7 Å². The molecular formula is C7H4ClIO5S. The van der Waals surface area contributed by atoms with Crippen LogP contribution in [0.5, 0.6) is 5.75 Å². The standard InChI is InChI=1S/C7H4ClIO5S/c8-15(13,14)5-2-3(7(11)12)1-4(9)6(5)10/h1-2,10H,(H,11,12). The van der Waals surface area contributed by atoms with E-state index >= 15 is 0 Å². The largest absolute Gasteiger partial charge is 0.505 e. The number of carbonyl (C=O) groups is 1. The van der Waals surface area contributed by atoms with Gasteiger partial charge in [0.2, 0.25) is 0 Å². The monoisotopic (exact) mass is 362 g/mol. The Morgan fingerprint density at radius 1 is 1.40 bits per heavy atom. The minimum absolute atomic E-state index is 0.103. The van der Waals surface area contributed by atoms with Gasteiger partial charge in [-0.05, 0) is 34.7 Å². The lowest BCUT2D eigenvalue weighted by molar-refractivity contribution is 0.0696. The molecule has 0 fully saturated rings. The summed E-state index contributed by atoms with van der Waals surface area (Å²) >= 11 is 1.61. The van der Waals surface area contributed by atoms with Crippen molar-refractivity contribution in [3.63, 3.8) is 0 Å². The molecule has 0 aliphatic carbocycles. The van der Waals surface area contributed by atoms with E-state index in [9.17, 15) is 18.3 Å². The third-order valence-corrected chi connectivity index (χ3v) is 3.70. The van der Waals surface area contributed by atoms with Gasteiger partial charge < -0.3 is 10.2 Å². The van der Waals surface area contributed by atoms with Crippen LogP contribution in [0, 0.1) is 3.57 Å². The second kappa shape index (κ2) is 4.14. The first-order valence-corrected chi connectivity index (χ1v) is 6.82. The Morgan fingerprint density at radius 2 is 1.93 bits per heavy atom. The lowest BCUT2D eigenvalue weighted by atomic mass is 10.2. The second-order valence-electron chi connectivity index (χ2n) is 2.55. The van der Waals surface area contributed by atoms with Crippen molar-refractivity contribution in [2.24, 2.45) is 0 Å². The van der Waals surface area contributed by atoms with Crippen molar-refractivity contribution in [3.8, 4) is 5.75 Å². The quantitative estimate of drug-likeness (QED) is 0.616. The number of hydrogen-bond acceptors (Lipinski definition) is 4. The first-order valence-electron chi connectivity index (χ1n) is 3.44. The molecule has 0 radical (unpaired) electrons. The van der Waals surface area contributed by atoms with Gasteiger partial charge in [-0.15, -0.1) is 0 Å². The number of phenolic OH excluding ortho intramolecular Hbond substituents is 1. The number of aromatic carboxylic acids is 1. The summed E-state index contributed by atoms with van der Waals surface area (Å²) in [5.41, 5.74) is -0.253. The number of rotatable bonds is 2. The molecule has 0 saturated carbocycles. The molecule has 15 heavy (non-hydrogen) atoms. The molecule has 0 saturated heterocycles. The molecule has 0 aliphatic rings. The van der Waals surface area contributed by atoms with Gasteiger partial charge in [-0.25, -0.2) is 13.2 Å². The van der Waals surface area contributed by atoms with E-state index in [-0.39, 0.29) is 9.13 Å². The van der Waals surface area contributed by atoms with Crippen molar-refractivity contribution < 1.29 is 23.4 Å². The lowest BCUT2D eigenvalue weighted by Crippen LogP contribution is -2.01. The van der Waals surface area contributed by atoms with Crippen LogP contribution in [0.2, 0.25) is 0 Å². The van der Waals surface area contributed by atoms with Gasteiger partial charge in [0, 0.05) is 10.7 Å². The summed E-state index contributed by atoms with van der Waals surface area (Å²) in [5, 5.41) is 18.0. The number of halogens is 2. The molecule has 2 N–H and O–H groups in total. The third-order valence-electron chi connectivity index (χ3n) is 1.54. The van der Waals surface area contributed by atoms with Crippen LogP contribution in [-0.4, -0.2) is 24.6 Å². The molecule has 5 nitrogen and oxygen atoms in total. The zero-order valence-corrected chi connectivity index (χ0v) is 10.7. The Hall–Kier alpha value is -0.540. The van der Waals surface area contributed by atoms with Gasteiger partial charge in [-0.1, -0.05) is 0 Å². The Bertz CT molecular complexity index is 524. The van der Waals surface area contributed by atoms with Crippen LogP contribution in [0.15, 0.2) is 17.0 Å². The maximum Gasteiger partial charge on any atom is 0.335 e. The molecule has 0 spiro atoms.